The minimum Gasteiger partial charge on any atom is -0.322 e. The van der Waals surface area contributed by atoms with Crippen molar-refractivity contribution in [3.63, 3.8) is 0 Å². The molecular formula is C17H17NOS2. The largest absolute Gasteiger partial charge is 0.322 e. The molecule has 1 aliphatic rings. The molecule has 2 nitrogen and oxygen atoms in total. The first-order valence-corrected chi connectivity index (χ1v) is 9.18. The molecule has 0 saturated carbocycles. The van der Waals surface area contributed by atoms with Gasteiger partial charge in [0.05, 0.1) is 0 Å². The number of benzene rings is 2. The molecule has 0 aliphatic carbocycles. The van der Waals surface area contributed by atoms with Gasteiger partial charge in [0, 0.05) is 22.8 Å². The van der Waals surface area contributed by atoms with Crippen LogP contribution >= 0.6 is 23.5 Å². The van der Waals surface area contributed by atoms with Crippen molar-refractivity contribution in [1.82, 2.24) is 4.90 Å². The molecule has 108 valence electrons. The number of nitrogens with zero attached hydrogens (tertiary/aromatic N) is 1. The van der Waals surface area contributed by atoms with E-state index < -0.39 is 0 Å². The third kappa shape index (κ3) is 3.11. The molecule has 1 saturated heterocycles. The maximum absolute atomic E-state index is 12.7. The van der Waals surface area contributed by atoms with E-state index in [1.807, 2.05) is 65.4 Å². The van der Waals surface area contributed by atoms with Crippen LogP contribution < -0.4 is 0 Å². The van der Waals surface area contributed by atoms with Crippen LogP contribution in [0.15, 0.2) is 59.5 Å². The number of carbonyl (C=O) groups is 1. The molecule has 0 bridgehead atoms. The Labute approximate surface area is 133 Å². The fraction of sp³-hybridized carbons (Fsp3) is 0.235. The van der Waals surface area contributed by atoms with Crippen molar-refractivity contribution in [2.75, 3.05) is 18.6 Å². The highest BCUT2D eigenvalue weighted by molar-refractivity contribution is 7.99. The molecule has 0 N–H and O–H groups in total. The van der Waals surface area contributed by atoms with E-state index in [0.29, 0.717) is 0 Å². The van der Waals surface area contributed by atoms with E-state index in [1.165, 1.54) is 10.5 Å². The van der Waals surface area contributed by atoms with E-state index in [-0.39, 0.29) is 11.3 Å². The molecule has 1 heterocycles. The SMILES string of the molecule is CSc1ccc(C(=O)N2CCSC2c2ccccc2)cc1. The maximum atomic E-state index is 12.7. The first-order chi connectivity index (χ1) is 10.3. The van der Waals surface area contributed by atoms with Gasteiger partial charge in [-0.1, -0.05) is 30.3 Å². The van der Waals surface area contributed by atoms with E-state index in [0.717, 1.165) is 17.9 Å². The molecule has 4 heteroatoms. The summed E-state index contributed by atoms with van der Waals surface area (Å²) in [5.74, 6) is 1.12. The maximum Gasteiger partial charge on any atom is 0.255 e. The highest BCUT2D eigenvalue weighted by Crippen LogP contribution is 2.38. The van der Waals surface area contributed by atoms with Crippen LogP contribution in [0.3, 0.4) is 0 Å². The molecular weight excluding hydrogens is 298 g/mol. The highest BCUT2D eigenvalue weighted by atomic mass is 32.2. The second kappa shape index (κ2) is 6.58. The van der Waals surface area contributed by atoms with Crippen LogP contribution in [0.4, 0.5) is 0 Å². The molecule has 0 spiro atoms. The number of rotatable bonds is 3. The third-order valence-electron chi connectivity index (χ3n) is 3.57. The summed E-state index contributed by atoms with van der Waals surface area (Å²) in [6.45, 7) is 0.813. The van der Waals surface area contributed by atoms with Crippen molar-refractivity contribution < 1.29 is 4.79 Å². The standard InChI is InChI=1S/C17H17NOS2/c1-20-15-9-7-13(8-10-15)16(19)18-11-12-21-17(18)14-5-3-2-4-6-14/h2-10,17H,11-12H2,1H3. The van der Waals surface area contributed by atoms with E-state index in [4.69, 9.17) is 0 Å². The second-order valence-electron chi connectivity index (χ2n) is 4.86. The summed E-state index contributed by atoms with van der Waals surface area (Å²) in [4.78, 5) is 15.9. The lowest BCUT2D eigenvalue weighted by atomic mass is 10.1. The van der Waals surface area contributed by atoms with Crippen LogP contribution in [-0.2, 0) is 0 Å². The van der Waals surface area contributed by atoms with Gasteiger partial charge in [0.2, 0.25) is 0 Å². The van der Waals surface area contributed by atoms with Gasteiger partial charge in [-0.3, -0.25) is 4.79 Å². The molecule has 21 heavy (non-hydrogen) atoms. The Morgan fingerprint density at radius 2 is 1.86 bits per heavy atom. The smallest absolute Gasteiger partial charge is 0.255 e. The van der Waals surface area contributed by atoms with Crippen LogP contribution in [0.1, 0.15) is 21.3 Å². The average Bonchev–Trinajstić information content (AvgIpc) is 3.04. The highest BCUT2D eigenvalue weighted by Gasteiger charge is 2.30. The van der Waals surface area contributed by atoms with Gasteiger partial charge < -0.3 is 4.90 Å². The topological polar surface area (TPSA) is 20.3 Å². The Bertz CT molecular complexity index is 612. The quantitative estimate of drug-likeness (QED) is 0.788. The summed E-state index contributed by atoms with van der Waals surface area (Å²) < 4.78 is 0. The van der Waals surface area contributed by atoms with Crippen molar-refractivity contribution in [1.29, 1.82) is 0 Å². The molecule has 0 radical (unpaired) electrons. The monoisotopic (exact) mass is 315 g/mol. The summed E-state index contributed by atoms with van der Waals surface area (Å²) in [5, 5.41) is 0.138. The van der Waals surface area contributed by atoms with Gasteiger partial charge in [0.1, 0.15) is 5.37 Å². The molecule has 1 aliphatic heterocycles. The number of amides is 1. The molecule has 1 atom stereocenters. The predicted octanol–water partition coefficient (Wildman–Crippen LogP) is 4.30. The molecule has 1 unspecified atom stereocenters. The Kier molecular flexibility index (Phi) is 4.56. The van der Waals surface area contributed by atoms with Crippen LogP contribution in [-0.4, -0.2) is 29.4 Å². The zero-order valence-corrected chi connectivity index (χ0v) is 13.5. The zero-order valence-electron chi connectivity index (χ0n) is 11.9. The van der Waals surface area contributed by atoms with Crippen molar-refractivity contribution in [3.8, 4) is 0 Å². The van der Waals surface area contributed by atoms with Crippen molar-refractivity contribution in [2.24, 2.45) is 0 Å². The minimum atomic E-state index is 0.126. The molecule has 0 aromatic heterocycles. The van der Waals surface area contributed by atoms with Crippen LogP contribution in [0.5, 0.6) is 0 Å². The molecule has 1 amide bonds. The number of carbonyl (C=O) groups excluding carboxylic acids is 1. The van der Waals surface area contributed by atoms with E-state index in [1.54, 1.807) is 11.8 Å². The van der Waals surface area contributed by atoms with Gasteiger partial charge in [0.25, 0.3) is 5.91 Å². The first-order valence-electron chi connectivity index (χ1n) is 6.91. The van der Waals surface area contributed by atoms with Crippen molar-refractivity contribution >= 4 is 29.4 Å². The lowest BCUT2D eigenvalue weighted by molar-refractivity contribution is 0.0760. The number of hydrogen-bond donors (Lipinski definition) is 0. The van der Waals surface area contributed by atoms with Gasteiger partial charge in [-0.05, 0) is 36.1 Å². The van der Waals surface area contributed by atoms with Crippen molar-refractivity contribution in [2.45, 2.75) is 10.3 Å². The Morgan fingerprint density at radius 1 is 1.14 bits per heavy atom. The summed E-state index contributed by atoms with van der Waals surface area (Å²) in [6, 6.07) is 18.2. The van der Waals surface area contributed by atoms with Crippen molar-refractivity contribution in [3.05, 3.63) is 65.7 Å². The lowest BCUT2D eigenvalue weighted by Crippen LogP contribution is -2.30. The summed E-state index contributed by atoms with van der Waals surface area (Å²) in [6.07, 6.45) is 2.04. The van der Waals surface area contributed by atoms with Gasteiger partial charge >= 0.3 is 0 Å². The Morgan fingerprint density at radius 3 is 2.52 bits per heavy atom. The van der Waals surface area contributed by atoms with Crippen LogP contribution in [0, 0.1) is 0 Å². The molecule has 2 aromatic rings. The average molecular weight is 315 g/mol. The number of thioether (sulfide) groups is 2. The molecule has 2 aromatic carbocycles. The minimum absolute atomic E-state index is 0.126. The fourth-order valence-electron chi connectivity index (χ4n) is 2.47. The summed E-state index contributed by atoms with van der Waals surface area (Å²) in [7, 11) is 0. The fourth-order valence-corrected chi connectivity index (χ4v) is 4.14. The normalized spacial score (nSPS) is 18.0. The van der Waals surface area contributed by atoms with E-state index in [9.17, 15) is 4.79 Å². The van der Waals surface area contributed by atoms with Crippen LogP contribution in [0.2, 0.25) is 0 Å². The lowest BCUT2D eigenvalue weighted by Gasteiger charge is -2.24. The van der Waals surface area contributed by atoms with Gasteiger partial charge in [0.15, 0.2) is 0 Å². The summed E-state index contributed by atoms with van der Waals surface area (Å²) >= 11 is 3.53. The Hall–Kier alpha value is -1.39. The Balaban J connectivity index is 1.82. The van der Waals surface area contributed by atoms with Gasteiger partial charge in [-0.2, -0.15) is 0 Å². The number of hydrogen-bond acceptors (Lipinski definition) is 3. The summed E-state index contributed by atoms with van der Waals surface area (Å²) in [5.41, 5.74) is 1.98. The second-order valence-corrected chi connectivity index (χ2v) is 6.93. The molecule has 3 rings (SSSR count). The van der Waals surface area contributed by atoms with E-state index in [2.05, 4.69) is 12.1 Å². The third-order valence-corrected chi connectivity index (χ3v) is 5.58. The first kappa shape index (κ1) is 14.5. The van der Waals surface area contributed by atoms with Gasteiger partial charge in [-0.15, -0.1) is 23.5 Å². The van der Waals surface area contributed by atoms with Crippen LogP contribution in [0.25, 0.3) is 0 Å². The van der Waals surface area contributed by atoms with Gasteiger partial charge in [-0.25, -0.2) is 0 Å². The van der Waals surface area contributed by atoms with E-state index >= 15 is 0 Å². The predicted molar refractivity (Wildman–Crippen MR) is 90.9 cm³/mol. The zero-order chi connectivity index (χ0) is 14.7. The molecule has 1 fully saturated rings.